The molecule has 3 rings (SSSR count). The largest absolute Gasteiger partial charge is 0.370 e. The maximum atomic E-state index is 12.0. The van der Waals surface area contributed by atoms with Gasteiger partial charge in [-0.05, 0) is 28.1 Å². The number of aromatic nitrogens is 2. The molecule has 3 heterocycles. The third kappa shape index (κ3) is 2.99. The Bertz CT molecular complexity index is 598. The molecule has 1 aliphatic rings. The van der Waals surface area contributed by atoms with Gasteiger partial charge < -0.3 is 9.14 Å². The molecule has 1 fully saturated rings. The minimum Gasteiger partial charge on any atom is -0.370 e. The molecule has 20 heavy (non-hydrogen) atoms. The van der Waals surface area contributed by atoms with Gasteiger partial charge in [-0.25, -0.2) is 13.8 Å². The molecule has 2 aromatic heterocycles. The fourth-order valence-corrected chi connectivity index (χ4v) is 2.65. The van der Waals surface area contributed by atoms with Crippen LogP contribution in [0.25, 0.3) is 5.65 Å². The zero-order valence-corrected chi connectivity index (χ0v) is 12.3. The monoisotopic (exact) mass is 345 g/mol. The molecular formula is C13H14BrF2N3O. The molecule has 0 N–H and O–H groups in total. The second-order valence-electron chi connectivity index (χ2n) is 4.87. The fraction of sp³-hybridized carbons (Fsp3) is 0.462. The van der Waals surface area contributed by atoms with Gasteiger partial charge in [-0.1, -0.05) is 0 Å². The van der Waals surface area contributed by atoms with Gasteiger partial charge in [0.05, 0.1) is 18.0 Å². The van der Waals surface area contributed by atoms with Crippen molar-refractivity contribution >= 4 is 21.6 Å². The topological polar surface area (TPSA) is 29.8 Å². The van der Waals surface area contributed by atoms with Crippen LogP contribution in [0.15, 0.2) is 29.0 Å². The highest BCUT2D eigenvalue weighted by Crippen LogP contribution is 2.19. The van der Waals surface area contributed by atoms with E-state index < -0.39 is 13.0 Å². The second kappa shape index (κ2) is 5.75. The van der Waals surface area contributed by atoms with Gasteiger partial charge >= 0.3 is 0 Å². The molecule has 0 aromatic carbocycles. The van der Waals surface area contributed by atoms with Crippen LogP contribution in [-0.2, 0) is 11.3 Å². The molecule has 0 atom stereocenters. The summed E-state index contributed by atoms with van der Waals surface area (Å²) in [4.78, 5) is 6.49. The molecule has 0 saturated carbocycles. The van der Waals surface area contributed by atoms with E-state index in [0.717, 1.165) is 22.4 Å². The van der Waals surface area contributed by atoms with Gasteiger partial charge in [0.15, 0.2) is 0 Å². The Hall–Kier alpha value is -1.05. The van der Waals surface area contributed by atoms with Crippen molar-refractivity contribution in [2.75, 3.05) is 19.7 Å². The summed E-state index contributed by atoms with van der Waals surface area (Å²) >= 11 is 3.44. The maximum Gasteiger partial charge on any atom is 0.261 e. The van der Waals surface area contributed by atoms with Gasteiger partial charge in [0, 0.05) is 30.3 Å². The summed E-state index contributed by atoms with van der Waals surface area (Å²) < 4.78 is 32.1. The Morgan fingerprint density at radius 3 is 2.95 bits per heavy atom. The molecule has 4 nitrogen and oxygen atoms in total. The quantitative estimate of drug-likeness (QED) is 0.834. The first-order valence-corrected chi connectivity index (χ1v) is 7.15. The number of nitrogens with zero attached hydrogens (tertiary/aromatic N) is 3. The van der Waals surface area contributed by atoms with Crippen LogP contribution in [0.1, 0.15) is 5.69 Å². The second-order valence-corrected chi connectivity index (χ2v) is 5.78. The van der Waals surface area contributed by atoms with E-state index in [1.165, 1.54) is 0 Å². The summed E-state index contributed by atoms with van der Waals surface area (Å²) in [7, 11) is 0. The Kier molecular flexibility index (Phi) is 4.00. The average Bonchev–Trinajstić information content (AvgIpc) is 2.74. The Labute approximate surface area is 123 Å². The maximum absolute atomic E-state index is 12.0. The zero-order chi connectivity index (χ0) is 14.1. The number of hydrogen-bond donors (Lipinski definition) is 0. The van der Waals surface area contributed by atoms with Crippen molar-refractivity contribution in [3.05, 3.63) is 34.7 Å². The number of pyridine rings is 1. The highest BCUT2D eigenvalue weighted by Gasteiger charge is 2.28. The summed E-state index contributed by atoms with van der Waals surface area (Å²) in [5.74, 6) is 0. The van der Waals surface area contributed by atoms with Crippen molar-refractivity contribution in [3.8, 4) is 0 Å². The number of ether oxygens (including phenoxy) is 1. The predicted molar refractivity (Wildman–Crippen MR) is 73.9 cm³/mol. The van der Waals surface area contributed by atoms with Crippen LogP contribution in [0.2, 0.25) is 0 Å². The first-order valence-electron chi connectivity index (χ1n) is 6.35. The normalized spacial score (nSPS) is 17.0. The van der Waals surface area contributed by atoms with Crippen molar-refractivity contribution < 1.29 is 13.5 Å². The van der Waals surface area contributed by atoms with Crippen molar-refractivity contribution in [2.24, 2.45) is 0 Å². The first kappa shape index (κ1) is 13.9. The third-order valence-corrected chi connectivity index (χ3v) is 3.78. The molecule has 7 heteroatoms. The lowest BCUT2D eigenvalue weighted by molar-refractivity contribution is -0.0907. The van der Waals surface area contributed by atoms with Gasteiger partial charge in [0.2, 0.25) is 0 Å². The highest BCUT2D eigenvalue weighted by molar-refractivity contribution is 9.10. The van der Waals surface area contributed by atoms with Crippen LogP contribution in [0.3, 0.4) is 0 Å². The summed E-state index contributed by atoms with van der Waals surface area (Å²) in [6.45, 7) is 1.65. The number of fused-ring (bicyclic) bond motifs is 1. The Balaban J connectivity index is 1.57. The predicted octanol–water partition coefficient (Wildman–Crippen LogP) is 2.56. The Morgan fingerprint density at radius 2 is 2.20 bits per heavy atom. The standard InChI is InChI=1S/C13H14BrF2N3O/c14-9-1-2-13-17-3-10(19(13)4-9)5-18-6-11(7-18)20-8-12(15)16/h1-4,11-12H,5-8H2. The molecule has 0 bridgehead atoms. The number of hydrogen-bond acceptors (Lipinski definition) is 3. The molecule has 1 aliphatic heterocycles. The van der Waals surface area contributed by atoms with Gasteiger partial charge in [-0.3, -0.25) is 4.90 Å². The van der Waals surface area contributed by atoms with Crippen LogP contribution in [0.5, 0.6) is 0 Å². The van der Waals surface area contributed by atoms with E-state index in [2.05, 4.69) is 25.8 Å². The summed E-state index contributed by atoms with van der Waals surface area (Å²) in [6.07, 6.45) is 1.35. The van der Waals surface area contributed by atoms with Gasteiger partial charge in [0.25, 0.3) is 6.43 Å². The van der Waals surface area contributed by atoms with E-state index in [4.69, 9.17) is 4.74 Å². The molecular weight excluding hydrogens is 332 g/mol. The Morgan fingerprint density at radius 1 is 1.40 bits per heavy atom. The summed E-state index contributed by atoms with van der Waals surface area (Å²) in [6, 6.07) is 3.89. The lowest BCUT2D eigenvalue weighted by Crippen LogP contribution is -2.51. The third-order valence-electron chi connectivity index (χ3n) is 3.31. The van der Waals surface area contributed by atoms with Gasteiger partial charge in [-0.15, -0.1) is 0 Å². The molecule has 0 spiro atoms. The number of halogens is 3. The fourth-order valence-electron chi connectivity index (χ4n) is 2.32. The van der Waals surface area contributed by atoms with E-state index in [0.29, 0.717) is 13.1 Å². The molecule has 0 unspecified atom stereocenters. The minimum absolute atomic E-state index is 0.0741. The SMILES string of the molecule is FC(F)COC1CN(Cc2cnc3ccc(Br)cn23)C1. The summed E-state index contributed by atoms with van der Waals surface area (Å²) in [5.41, 5.74) is 1.97. The lowest BCUT2D eigenvalue weighted by atomic mass is 10.1. The number of alkyl halides is 2. The molecule has 0 radical (unpaired) electrons. The van der Waals surface area contributed by atoms with Gasteiger partial charge in [-0.2, -0.15) is 0 Å². The minimum atomic E-state index is -2.39. The van der Waals surface area contributed by atoms with Crippen molar-refractivity contribution in [2.45, 2.75) is 19.1 Å². The smallest absolute Gasteiger partial charge is 0.261 e. The van der Waals surface area contributed by atoms with Crippen LogP contribution in [0, 0.1) is 0 Å². The highest BCUT2D eigenvalue weighted by atomic mass is 79.9. The van der Waals surface area contributed by atoms with Gasteiger partial charge in [0.1, 0.15) is 12.3 Å². The molecule has 0 aliphatic carbocycles. The molecule has 0 amide bonds. The van der Waals surface area contributed by atoms with Crippen molar-refractivity contribution in [1.29, 1.82) is 0 Å². The number of likely N-dealkylation sites (tertiary alicyclic amines) is 1. The van der Waals surface area contributed by atoms with Crippen LogP contribution >= 0.6 is 15.9 Å². The number of rotatable bonds is 5. The summed E-state index contributed by atoms with van der Waals surface area (Å²) in [5, 5.41) is 0. The molecule has 1 saturated heterocycles. The molecule has 2 aromatic rings. The lowest BCUT2D eigenvalue weighted by Gasteiger charge is -2.38. The van der Waals surface area contributed by atoms with Crippen molar-refractivity contribution in [3.63, 3.8) is 0 Å². The van der Waals surface area contributed by atoms with E-state index in [9.17, 15) is 8.78 Å². The number of imidazole rings is 1. The van der Waals surface area contributed by atoms with Crippen LogP contribution in [0.4, 0.5) is 8.78 Å². The van der Waals surface area contributed by atoms with Crippen LogP contribution in [-0.4, -0.2) is 46.5 Å². The molecule has 108 valence electrons. The van der Waals surface area contributed by atoms with Crippen molar-refractivity contribution in [1.82, 2.24) is 14.3 Å². The average molecular weight is 346 g/mol. The van der Waals surface area contributed by atoms with E-state index >= 15 is 0 Å². The first-order chi connectivity index (χ1) is 9.61. The van der Waals surface area contributed by atoms with E-state index in [1.54, 1.807) is 0 Å². The van der Waals surface area contributed by atoms with E-state index in [1.807, 2.05) is 28.9 Å². The zero-order valence-electron chi connectivity index (χ0n) is 10.7. The van der Waals surface area contributed by atoms with E-state index in [-0.39, 0.29) is 6.10 Å². The van der Waals surface area contributed by atoms with Crippen LogP contribution < -0.4 is 0 Å².